The van der Waals surface area contributed by atoms with Gasteiger partial charge in [-0.1, -0.05) is 13.8 Å². The Labute approximate surface area is 128 Å². The van der Waals surface area contributed by atoms with Crippen molar-refractivity contribution >= 4 is 17.4 Å². The van der Waals surface area contributed by atoms with Crippen LogP contribution in [0.15, 0.2) is 24.8 Å². The number of rotatable bonds is 6. The van der Waals surface area contributed by atoms with E-state index in [9.17, 15) is 0 Å². The van der Waals surface area contributed by atoms with E-state index in [1.54, 1.807) is 10.7 Å². The average molecular weight is 300 g/mol. The van der Waals surface area contributed by atoms with Gasteiger partial charge in [0, 0.05) is 37.5 Å². The molecule has 3 rings (SSSR count). The van der Waals surface area contributed by atoms with Crippen LogP contribution >= 0.6 is 0 Å². The Bertz CT molecular complexity index is 757. The second kappa shape index (κ2) is 6.00. The monoisotopic (exact) mass is 300 g/mol. The number of imidazole rings is 1. The summed E-state index contributed by atoms with van der Waals surface area (Å²) in [5, 5.41) is 11.1. The van der Waals surface area contributed by atoms with Crippen molar-refractivity contribution in [2.24, 2.45) is 0 Å². The number of nitrogens with one attached hydrogen (secondary N) is 1. The molecule has 8 nitrogen and oxygen atoms in total. The fraction of sp³-hybridized carbons (Fsp3) is 0.429. The van der Waals surface area contributed by atoms with Crippen LogP contribution in [0.25, 0.3) is 5.65 Å². The van der Waals surface area contributed by atoms with E-state index in [1.165, 1.54) is 0 Å². The van der Waals surface area contributed by atoms with E-state index in [4.69, 9.17) is 5.73 Å². The maximum atomic E-state index is 5.86. The molecule has 0 amide bonds. The number of hydrogen-bond donors (Lipinski definition) is 2. The molecule has 0 aliphatic carbocycles. The normalized spacial score (nSPS) is 11.4. The van der Waals surface area contributed by atoms with Gasteiger partial charge in [-0.2, -0.15) is 4.98 Å². The molecule has 0 radical (unpaired) electrons. The molecule has 3 heterocycles. The lowest BCUT2D eigenvalue weighted by Crippen LogP contribution is -2.11. The van der Waals surface area contributed by atoms with E-state index in [0.29, 0.717) is 23.3 Å². The zero-order valence-corrected chi connectivity index (χ0v) is 12.8. The minimum Gasteiger partial charge on any atom is -0.370 e. The molecule has 0 unspecified atom stereocenters. The highest BCUT2D eigenvalue weighted by Crippen LogP contribution is 2.13. The molecule has 0 aliphatic rings. The molecule has 0 saturated carbocycles. The lowest BCUT2D eigenvalue weighted by atomic mass is 10.2. The first-order valence-electron chi connectivity index (χ1n) is 7.36. The molecule has 22 heavy (non-hydrogen) atoms. The summed E-state index contributed by atoms with van der Waals surface area (Å²) < 4.78 is 3.83. The van der Waals surface area contributed by atoms with Crippen LogP contribution in [0, 0.1) is 0 Å². The fourth-order valence-electron chi connectivity index (χ4n) is 2.42. The Kier molecular flexibility index (Phi) is 3.90. The number of hydrogen-bond acceptors (Lipinski definition) is 6. The zero-order valence-electron chi connectivity index (χ0n) is 12.8. The predicted octanol–water partition coefficient (Wildman–Crippen LogP) is 1.53. The van der Waals surface area contributed by atoms with Crippen LogP contribution in [0.4, 0.5) is 11.8 Å². The summed E-state index contributed by atoms with van der Waals surface area (Å²) in [7, 11) is 0. The molecule has 0 saturated heterocycles. The van der Waals surface area contributed by atoms with Gasteiger partial charge in [0.05, 0.1) is 0 Å². The molecule has 0 aromatic carbocycles. The van der Waals surface area contributed by atoms with E-state index in [0.717, 1.165) is 25.3 Å². The standard InChI is InChI=1S/C14H20N8/c1-10(2)13-17-5-7-21(13)6-3-4-16-11-8-12-20-18-9-22(12)14(15)19-11/h5,7-10,16H,3-4,6H2,1-2H3,(H2,15,19). The van der Waals surface area contributed by atoms with Gasteiger partial charge in [-0.3, -0.25) is 4.40 Å². The number of aromatic nitrogens is 6. The van der Waals surface area contributed by atoms with Crippen molar-refractivity contribution in [3.8, 4) is 0 Å². The molecule has 8 heteroatoms. The maximum absolute atomic E-state index is 5.86. The van der Waals surface area contributed by atoms with Gasteiger partial charge in [0.2, 0.25) is 5.95 Å². The highest BCUT2D eigenvalue weighted by Gasteiger charge is 2.07. The topological polar surface area (TPSA) is 99.0 Å². The van der Waals surface area contributed by atoms with Crippen LogP contribution < -0.4 is 11.1 Å². The number of nitrogens with zero attached hydrogens (tertiary/aromatic N) is 6. The second-order valence-electron chi connectivity index (χ2n) is 5.47. The SMILES string of the molecule is CC(C)c1nccn1CCCNc1cc2nncn2c(N)n1. The third kappa shape index (κ3) is 2.85. The van der Waals surface area contributed by atoms with E-state index in [2.05, 4.69) is 43.9 Å². The minimum absolute atomic E-state index is 0.377. The molecular weight excluding hydrogens is 280 g/mol. The van der Waals surface area contributed by atoms with Crippen LogP contribution in [-0.2, 0) is 6.54 Å². The van der Waals surface area contributed by atoms with Crippen molar-refractivity contribution in [1.29, 1.82) is 0 Å². The summed E-state index contributed by atoms with van der Waals surface area (Å²) in [6.07, 6.45) is 6.39. The third-order valence-electron chi connectivity index (χ3n) is 3.47. The summed E-state index contributed by atoms with van der Waals surface area (Å²) in [6, 6.07) is 1.83. The Morgan fingerprint density at radius 3 is 3.05 bits per heavy atom. The van der Waals surface area contributed by atoms with Gasteiger partial charge in [-0.25, -0.2) is 4.98 Å². The number of anilines is 2. The fourth-order valence-corrected chi connectivity index (χ4v) is 2.42. The average Bonchev–Trinajstić information content (AvgIpc) is 3.12. The van der Waals surface area contributed by atoms with Crippen molar-refractivity contribution in [3.05, 3.63) is 30.6 Å². The first-order valence-corrected chi connectivity index (χ1v) is 7.36. The summed E-state index contributed by atoms with van der Waals surface area (Å²) in [5.74, 6) is 2.64. The minimum atomic E-state index is 0.377. The Balaban J connectivity index is 1.57. The number of nitrogen functional groups attached to an aromatic ring is 1. The van der Waals surface area contributed by atoms with E-state index in [-0.39, 0.29) is 0 Å². The highest BCUT2D eigenvalue weighted by atomic mass is 15.3. The van der Waals surface area contributed by atoms with Crippen molar-refractivity contribution in [2.45, 2.75) is 32.7 Å². The van der Waals surface area contributed by atoms with Crippen molar-refractivity contribution in [1.82, 2.24) is 29.1 Å². The number of aryl methyl sites for hydroxylation is 1. The quantitative estimate of drug-likeness (QED) is 0.670. The van der Waals surface area contributed by atoms with E-state index >= 15 is 0 Å². The van der Waals surface area contributed by atoms with Crippen molar-refractivity contribution in [2.75, 3.05) is 17.6 Å². The highest BCUT2D eigenvalue weighted by molar-refractivity contribution is 5.53. The van der Waals surface area contributed by atoms with Gasteiger partial charge in [-0.05, 0) is 6.42 Å². The molecule has 0 fully saturated rings. The largest absolute Gasteiger partial charge is 0.370 e. The molecule has 0 bridgehead atoms. The van der Waals surface area contributed by atoms with Gasteiger partial charge in [-0.15, -0.1) is 10.2 Å². The molecule has 0 atom stereocenters. The van der Waals surface area contributed by atoms with Gasteiger partial charge >= 0.3 is 0 Å². The summed E-state index contributed by atoms with van der Waals surface area (Å²) in [6.45, 7) is 6.02. The first kappa shape index (κ1) is 14.3. The lowest BCUT2D eigenvalue weighted by molar-refractivity contribution is 0.600. The summed E-state index contributed by atoms with van der Waals surface area (Å²) in [5.41, 5.74) is 6.54. The smallest absolute Gasteiger partial charge is 0.209 e. The van der Waals surface area contributed by atoms with Gasteiger partial charge < -0.3 is 15.6 Å². The summed E-state index contributed by atoms with van der Waals surface area (Å²) >= 11 is 0. The van der Waals surface area contributed by atoms with Gasteiger partial charge in [0.15, 0.2) is 5.65 Å². The van der Waals surface area contributed by atoms with Crippen LogP contribution in [0.1, 0.15) is 32.0 Å². The Morgan fingerprint density at radius 2 is 2.23 bits per heavy atom. The third-order valence-corrected chi connectivity index (χ3v) is 3.47. The summed E-state index contributed by atoms with van der Waals surface area (Å²) in [4.78, 5) is 8.67. The zero-order chi connectivity index (χ0) is 15.5. The number of fused-ring (bicyclic) bond motifs is 1. The lowest BCUT2D eigenvalue weighted by Gasteiger charge is -2.11. The molecule has 0 aliphatic heterocycles. The van der Waals surface area contributed by atoms with E-state index in [1.807, 2.05) is 18.5 Å². The van der Waals surface area contributed by atoms with Crippen LogP contribution in [0.5, 0.6) is 0 Å². The first-order chi connectivity index (χ1) is 10.6. The van der Waals surface area contributed by atoms with Crippen LogP contribution in [0.2, 0.25) is 0 Å². The molecule has 3 N–H and O–H groups in total. The van der Waals surface area contributed by atoms with Gasteiger partial charge in [0.1, 0.15) is 18.0 Å². The van der Waals surface area contributed by atoms with Crippen LogP contribution in [-0.4, -0.2) is 35.7 Å². The van der Waals surface area contributed by atoms with Gasteiger partial charge in [0.25, 0.3) is 0 Å². The van der Waals surface area contributed by atoms with Crippen molar-refractivity contribution < 1.29 is 0 Å². The van der Waals surface area contributed by atoms with E-state index < -0.39 is 0 Å². The molecule has 0 spiro atoms. The Hall–Kier alpha value is -2.64. The second-order valence-corrected chi connectivity index (χ2v) is 5.47. The van der Waals surface area contributed by atoms with Crippen LogP contribution in [0.3, 0.4) is 0 Å². The molecule has 3 aromatic rings. The Morgan fingerprint density at radius 1 is 1.36 bits per heavy atom. The molecular formula is C14H20N8. The van der Waals surface area contributed by atoms with Crippen molar-refractivity contribution in [3.63, 3.8) is 0 Å². The molecule has 3 aromatic heterocycles. The molecule has 116 valence electrons. The maximum Gasteiger partial charge on any atom is 0.209 e. The number of nitrogens with two attached hydrogens (primary N) is 1. The predicted molar refractivity (Wildman–Crippen MR) is 84.6 cm³/mol.